The Balaban J connectivity index is 2.49. The molecule has 0 bridgehead atoms. The predicted molar refractivity (Wildman–Crippen MR) is 47.4 cm³/mol. The van der Waals surface area contributed by atoms with Crippen molar-refractivity contribution in [1.29, 1.82) is 0 Å². The van der Waals surface area contributed by atoms with Gasteiger partial charge in [0.1, 0.15) is 0 Å². The maximum Gasteiger partial charge on any atom is 0.0461 e. The highest BCUT2D eigenvalue weighted by Gasteiger charge is 2.31. The average molecular weight is 156 g/mol. The fourth-order valence-electron chi connectivity index (χ4n) is 2.07. The summed E-state index contributed by atoms with van der Waals surface area (Å²) in [5.41, 5.74) is 0.438. The van der Waals surface area contributed by atoms with Crippen molar-refractivity contribution in [3.63, 3.8) is 0 Å². The normalized spacial score (nSPS) is 26.5. The lowest BCUT2D eigenvalue weighted by Gasteiger charge is -2.38. The van der Waals surface area contributed by atoms with Gasteiger partial charge in [0.15, 0.2) is 0 Å². The topological polar surface area (TPSA) is 20.2 Å². The average Bonchev–Trinajstić information content (AvgIpc) is 2.04. The molecule has 1 saturated carbocycles. The molecule has 1 N–H and O–H groups in total. The quantitative estimate of drug-likeness (QED) is 0.651. The van der Waals surface area contributed by atoms with Crippen LogP contribution in [0.2, 0.25) is 0 Å². The van der Waals surface area contributed by atoms with Gasteiger partial charge in [-0.15, -0.1) is 0 Å². The van der Waals surface area contributed by atoms with Gasteiger partial charge < -0.3 is 5.11 Å². The summed E-state index contributed by atoms with van der Waals surface area (Å²) in [6, 6.07) is 0. The van der Waals surface area contributed by atoms with Gasteiger partial charge in [0.05, 0.1) is 0 Å². The number of aliphatic hydroxyl groups excluding tert-OH is 1. The maximum atomic E-state index is 9.05. The van der Waals surface area contributed by atoms with E-state index >= 15 is 0 Å². The lowest BCUT2D eigenvalue weighted by Crippen LogP contribution is -2.30. The molecule has 1 aliphatic carbocycles. The summed E-state index contributed by atoms with van der Waals surface area (Å²) >= 11 is 0. The minimum absolute atomic E-state index is 0.358. The number of aliphatic hydroxyl groups is 1. The zero-order chi connectivity index (χ0) is 8.32. The highest BCUT2D eigenvalue weighted by Crippen LogP contribution is 2.41. The van der Waals surface area contributed by atoms with Crippen LogP contribution in [-0.2, 0) is 0 Å². The van der Waals surface area contributed by atoms with Gasteiger partial charge in [0.2, 0.25) is 0 Å². The molecule has 0 unspecified atom stereocenters. The molecule has 0 heterocycles. The second kappa shape index (κ2) is 3.57. The van der Waals surface area contributed by atoms with Crippen molar-refractivity contribution in [3.05, 3.63) is 0 Å². The Morgan fingerprint density at radius 2 is 1.82 bits per heavy atom. The van der Waals surface area contributed by atoms with E-state index in [4.69, 9.17) is 5.11 Å². The van der Waals surface area contributed by atoms with Crippen molar-refractivity contribution < 1.29 is 5.11 Å². The van der Waals surface area contributed by atoms with Gasteiger partial charge in [-0.2, -0.15) is 0 Å². The first-order valence-corrected chi connectivity index (χ1v) is 4.80. The first kappa shape index (κ1) is 9.05. The summed E-state index contributed by atoms with van der Waals surface area (Å²) < 4.78 is 0. The van der Waals surface area contributed by atoms with Gasteiger partial charge in [0, 0.05) is 6.61 Å². The fraction of sp³-hybridized carbons (Fsp3) is 1.00. The van der Waals surface area contributed by atoms with Crippen LogP contribution >= 0.6 is 0 Å². The number of hydrogen-bond acceptors (Lipinski definition) is 1. The number of hydrogen-bond donors (Lipinski definition) is 1. The summed E-state index contributed by atoms with van der Waals surface area (Å²) in [4.78, 5) is 0. The monoisotopic (exact) mass is 156 g/mol. The van der Waals surface area contributed by atoms with Gasteiger partial charge in [-0.3, -0.25) is 0 Å². The Bertz CT molecular complexity index is 114. The van der Waals surface area contributed by atoms with Gasteiger partial charge >= 0.3 is 0 Å². The lowest BCUT2D eigenvalue weighted by molar-refractivity contribution is 0.0777. The molecule has 1 fully saturated rings. The molecule has 0 aromatic rings. The molecule has 0 aliphatic heterocycles. The van der Waals surface area contributed by atoms with Crippen molar-refractivity contribution in [2.24, 2.45) is 11.3 Å². The van der Waals surface area contributed by atoms with Crippen LogP contribution in [0.15, 0.2) is 0 Å². The standard InChI is InChI=1S/C10H20O/c1-9(8-11)10(2)6-4-3-5-7-10/h9,11H,3-8H2,1-2H3/t9-/m1/s1. The first-order chi connectivity index (χ1) is 5.19. The number of rotatable bonds is 2. The van der Waals surface area contributed by atoms with Crippen LogP contribution in [0.4, 0.5) is 0 Å². The SMILES string of the molecule is C[C@H](CO)C1(C)CCCCC1. The largest absolute Gasteiger partial charge is 0.396 e. The summed E-state index contributed by atoms with van der Waals surface area (Å²) in [6.07, 6.45) is 6.75. The smallest absolute Gasteiger partial charge is 0.0461 e. The minimum Gasteiger partial charge on any atom is -0.396 e. The summed E-state index contributed by atoms with van der Waals surface area (Å²) in [5, 5.41) is 9.05. The van der Waals surface area contributed by atoms with E-state index in [0.717, 1.165) is 0 Å². The molecule has 1 nitrogen and oxygen atoms in total. The zero-order valence-corrected chi connectivity index (χ0v) is 7.77. The summed E-state index contributed by atoms with van der Waals surface area (Å²) in [7, 11) is 0. The predicted octanol–water partition coefficient (Wildman–Crippen LogP) is 2.59. The van der Waals surface area contributed by atoms with Gasteiger partial charge in [-0.1, -0.05) is 33.1 Å². The Morgan fingerprint density at radius 3 is 2.27 bits per heavy atom. The molecular weight excluding hydrogens is 136 g/mol. The lowest BCUT2D eigenvalue weighted by atomic mass is 9.68. The van der Waals surface area contributed by atoms with Crippen molar-refractivity contribution in [2.45, 2.75) is 46.0 Å². The van der Waals surface area contributed by atoms with Crippen LogP contribution in [0.3, 0.4) is 0 Å². The van der Waals surface area contributed by atoms with E-state index in [-0.39, 0.29) is 0 Å². The molecule has 0 saturated heterocycles. The third kappa shape index (κ3) is 1.96. The molecule has 11 heavy (non-hydrogen) atoms. The molecule has 1 rings (SSSR count). The van der Waals surface area contributed by atoms with Crippen LogP contribution < -0.4 is 0 Å². The highest BCUT2D eigenvalue weighted by atomic mass is 16.3. The third-order valence-corrected chi connectivity index (χ3v) is 3.46. The Kier molecular flexibility index (Phi) is 2.94. The molecule has 0 aromatic carbocycles. The van der Waals surface area contributed by atoms with E-state index in [9.17, 15) is 0 Å². The third-order valence-electron chi connectivity index (χ3n) is 3.46. The molecule has 1 heteroatoms. The van der Waals surface area contributed by atoms with Gasteiger partial charge in [-0.25, -0.2) is 0 Å². The molecule has 1 atom stereocenters. The minimum atomic E-state index is 0.358. The van der Waals surface area contributed by atoms with Gasteiger partial charge in [0.25, 0.3) is 0 Å². The molecule has 0 amide bonds. The second-order valence-electron chi connectivity index (χ2n) is 4.30. The Hall–Kier alpha value is -0.0400. The zero-order valence-electron chi connectivity index (χ0n) is 7.77. The molecular formula is C10H20O. The maximum absolute atomic E-state index is 9.05. The van der Waals surface area contributed by atoms with Crippen LogP contribution in [0.1, 0.15) is 46.0 Å². The van der Waals surface area contributed by atoms with Crippen molar-refractivity contribution >= 4 is 0 Å². The fourth-order valence-corrected chi connectivity index (χ4v) is 2.07. The Morgan fingerprint density at radius 1 is 1.27 bits per heavy atom. The Labute approximate surface area is 69.8 Å². The van der Waals surface area contributed by atoms with E-state index in [0.29, 0.717) is 17.9 Å². The van der Waals surface area contributed by atoms with Crippen molar-refractivity contribution in [2.75, 3.05) is 6.61 Å². The highest BCUT2D eigenvalue weighted by molar-refractivity contribution is 4.82. The first-order valence-electron chi connectivity index (χ1n) is 4.80. The molecule has 0 spiro atoms. The molecule has 0 radical (unpaired) electrons. The van der Waals surface area contributed by atoms with E-state index in [1.807, 2.05) is 0 Å². The van der Waals surface area contributed by atoms with Crippen LogP contribution in [0, 0.1) is 11.3 Å². The molecule has 1 aliphatic rings. The van der Waals surface area contributed by atoms with Crippen LogP contribution in [0.25, 0.3) is 0 Å². The van der Waals surface area contributed by atoms with Crippen molar-refractivity contribution in [3.8, 4) is 0 Å². The molecule has 0 aromatic heterocycles. The van der Waals surface area contributed by atoms with E-state index in [2.05, 4.69) is 13.8 Å². The summed E-state index contributed by atoms with van der Waals surface area (Å²) in [6.45, 7) is 4.86. The van der Waals surface area contributed by atoms with Crippen LogP contribution in [-0.4, -0.2) is 11.7 Å². The van der Waals surface area contributed by atoms with Crippen LogP contribution in [0.5, 0.6) is 0 Å². The second-order valence-corrected chi connectivity index (χ2v) is 4.30. The van der Waals surface area contributed by atoms with E-state index in [1.54, 1.807) is 0 Å². The van der Waals surface area contributed by atoms with Crippen molar-refractivity contribution in [1.82, 2.24) is 0 Å². The summed E-state index contributed by atoms with van der Waals surface area (Å²) in [5.74, 6) is 0.489. The van der Waals surface area contributed by atoms with Gasteiger partial charge in [-0.05, 0) is 24.2 Å². The van der Waals surface area contributed by atoms with E-state index in [1.165, 1.54) is 32.1 Å². The van der Waals surface area contributed by atoms with E-state index < -0.39 is 0 Å². The molecule has 66 valence electrons.